The highest BCUT2D eigenvalue weighted by Crippen LogP contribution is 2.28. The number of nitrogens with one attached hydrogen (secondary N) is 1. The van der Waals surface area contributed by atoms with Gasteiger partial charge in [0.1, 0.15) is 17.3 Å². The zero-order valence-corrected chi connectivity index (χ0v) is 20.0. The van der Waals surface area contributed by atoms with Crippen LogP contribution in [0, 0.1) is 0 Å². The Morgan fingerprint density at radius 2 is 1.81 bits per heavy atom. The summed E-state index contributed by atoms with van der Waals surface area (Å²) in [6, 6.07) is 10.0. The lowest BCUT2D eigenvalue weighted by atomic mass is 10.1. The van der Waals surface area contributed by atoms with Crippen molar-refractivity contribution >= 4 is 39.2 Å². The van der Waals surface area contributed by atoms with Crippen LogP contribution in [0.3, 0.4) is 0 Å². The molecule has 0 fully saturated rings. The Hall–Kier alpha value is -2.62. The van der Waals surface area contributed by atoms with Gasteiger partial charge in [-0.3, -0.25) is 9.59 Å². The smallest absolute Gasteiger partial charge is 0.339 e. The summed E-state index contributed by atoms with van der Waals surface area (Å²) in [7, 11) is -2.73. The van der Waals surface area contributed by atoms with E-state index in [0.29, 0.717) is 22.7 Å². The first-order chi connectivity index (χ1) is 15.1. The molecule has 0 radical (unpaired) electrons. The fraction of sp³-hybridized carbons (Fsp3) is 0.364. The Morgan fingerprint density at radius 3 is 2.38 bits per heavy atom. The number of halogens is 1. The molecule has 2 amide bonds. The third-order valence-corrected chi connectivity index (χ3v) is 6.22. The van der Waals surface area contributed by atoms with E-state index in [-0.39, 0.29) is 41.7 Å². The van der Waals surface area contributed by atoms with Crippen molar-refractivity contribution in [2.24, 2.45) is 0 Å². The summed E-state index contributed by atoms with van der Waals surface area (Å²) in [6.45, 7) is 5.20. The van der Waals surface area contributed by atoms with Crippen LogP contribution < -0.4 is 9.50 Å². The number of ether oxygens (including phenoxy) is 1. The topological polar surface area (TPSA) is 102 Å². The van der Waals surface area contributed by atoms with Crippen molar-refractivity contribution in [1.82, 2.24) is 4.90 Å². The second-order valence-corrected chi connectivity index (χ2v) is 9.19. The molecule has 0 heterocycles. The number of nitrogens with zero attached hydrogens (tertiary/aromatic N) is 1. The Labute approximate surface area is 193 Å². The highest BCUT2D eigenvalue weighted by molar-refractivity contribution is 7.87. The molecule has 2 aromatic rings. The Bertz CT molecular complexity index is 1060. The number of carbonyl (C=O) groups excluding carboxylic acids is 2. The second kappa shape index (κ2) is 11.3. The molecule has 8 nitrogen and oxygen atoms in total. The van der Waals surface area contributed by atoms with Gasteiger partial charge in [0.05, 0.1) is 0 Å². The molecule has 0 aliphatic rings. The van der Waals surface area contributed by atoms with Gasteiger partial charge in [-0.15, -0.1) is 0 Å². The average molecular weight is 483 g/mol. The van der Waals surface area contributed by atoms with E-state index in [0.717, 1.165) is 0 Å². The first-order valence-electron chi connectivity index (χ1n) is 9.96. The van der Waals surface area contributed by atoms with Crippen molar-refractivity contribution in [3.8, 4) is 5.75 Å². The van der Waals surface area contributed by atoms with Crippen molar-refractivity contribution in [3.05, 3.63) is 53.1 Å². The first kappa shape index (κ1) is 25.6. The molecule has 1 N–H and O–H groups in total. The lowest BCUT2D eigenvalue weighted by Crippen LogP contribution is -2.40. The van der Waals surface area contributed by atoms with Gasteiger partial charge in [0.25, 0.3) is 0 Å². The number of methoxy groups -OCH3 is 1. The van der Waals surface area contributed by atoms with Crippen molar-refractivity contribution in [3.63, 3.8) is 0 Å². The summed E-state index contributed by atoms with van der Waals surface area (Å²) in [4.78, 5) is 25.2. The van der Waals surface area contributed by atoms with Gasteiger partial charge in [0.2, 0.25) is 11.8 Å². The molecule has 10 heteroatoms. The summed E-state index contributed by atoms with van der Waals surface area (Å²) < 4.78 is 36.1. The van der Waals surface area contributed by atoms with Crippen LogP contribution >= 0.6 is 11.6 Å². The maximum Gasteiger partial charge on any atom is 0.339 e. The van der Waals surface area contributed by atoms with Crippen LogP contribution in [0.2, 0.25) is 5.02 Å². The van der Waals surface area contributed by atoms with Crippen molar-refractivity contribution < 1.29 is 26.9 Å². The summed E-state index contributed by atoms with van der Waals surface area (Å²) >= 11 is 6.13. The molecule has 0 spiro atoms. The molecule has 0 aliphatic carbocycles. The molecule has 32 heavy (non-hydrogen) atoms. The van der Waals surface area contributed by atoms with Crippen LogP contribution in [-0.2, 0) is 31.0 Å². The van der Waals surface area contributed by atoms with E-state index in [9.17, 15) is 18.0 Å². The minimum absolute atomic E-state index is 0.0684. The Morgan fingerprint density at radius 1 is 1.16 bits per heavy atom. The van der Waals surface area contributed by atoms with Crippen LogP contribution in [0.5, 0.6) is 5.75 Å². The number of carbonyl (C=O) groups is 2. The molecule has 0 unspecified atom stereocenters. The van der Waals surface area contributed by atoms with E-state index in [2.05, 4.69) is 5.32 Å². The minimum Gasteiger partial charge on any atom is -0.379 e. The molecule has 2 rings (SSSR count). The molecule has 1 atom stereocenters. The van der Waals surface area contributed by atoms with Gasteiger partial charge in [-0.2, -0.15) is 8.42 Å². The predicted molar refractivity (Wildman–Crippen MR) is 122 cm³/mol. The normalized spacial score (nSPS) is 12.2. The Kier molecular flexibility index (Phi) is 9.06. The number of anilines is 1. The predicted octanol–water partition coefficient (Wildman–Crippen LogP) is 3.84. The van der Waals surface area contributed by atoms with Crippen molar-refractivity contribution in [1.29, 1.82) is 0 Å². The van der Waals surface area contributed by atoms with E-state index in [1.807, 2.05) is 13.8 Å². The molecular formula is C22H27ClN2O6S. The molecule has 0 saturated heterocycles. The quantitative estimate of drug-likeness (QED) is 0.516. The molecule has 0 bridgehead atoms. The highest BCUT2D eigenvalue weighted by atomic mass is 35.5. The number of amides is 2. The van der Waals surface area contributed by atoms with Crippen LogP contribution in [0.15, 0.2) is 47.4 Å². The maximum absolute atomic E-state index is 12.8. The molecule has 2 aromatic carbocycles. The van der Waals surface area contributed by atoms with Crippen LogP contribution in [0.1, 0.15) is 32.8 Å². The van der Waals surface area contributed by atoms with Crippen LogP contribution in [-0.4, -0.2) is 44.9 Å². The van der Waals surface area contributed by atoms with Gasteiger partial charge < -0.3 is 19.1 Å². The van der Waals surface area contributed by atoms with E-state index in [1.165, 1.54) is 50.4 Å². The zero-order valence-electron chi connectivity index (χ0n) is 18.4. The molecule has 174 valence electrons. The number of rotatable bonds is 10. The fourth-order valence-electron chi connectivity index (χ4n) is 2.93. The summed E-state index contributed by atoms with van der Waals surface area (Å²) in [5, 5.41) is 2.95. The number of hydrogen-bond acceptors (Lipinski definition) is 6. The minimum atomic E-state index is -4.17. The van der Waals surface area contributed by atoms with E-state index in [4.69, 9.17) is 20.5 Å². The Balaban J connectivity index is 2.34. The number of hydrogen-bond donors (Lipinski definition) is 1. The van der Waals surface area contributed by atoms with Gasteiger partial charge in [-0.1, -0.05) is 18.5 Å². The van der Waals surface area contributed by atoms with Gasteiger partial charge in [-0.25, -0.2) is 0 Å². The summed E-state index contributed by atoms with van der Waals surface area (Å²) in [5.41, 5.74) is 0.908. The lowest BCUT2D eigenvalue weighted by molar-refractivity contribution is -0.138. The number of benzene rings is 2. The standard InChI is InChI=1S/C22H27ClN2O6S/c1-5-15(2)25(22(27)14-30-4)13-17-12-18(23)6-11-21(17)31-32(28,29)20-9-7-19(8-10-20)24-16(3)26/h6-12,15H,5,13-14H2,1-4H3,(H,24,26)/t15-/m0/s1. The van der Waals surface area contributed by atoms with Crippen LogP contribution in [0.25, 0.3) is 0 Å². The van der Waals surface area contributed by atoms with Crippen LogP contribution in [0.4, 0.5) is 5.69 Å². The monoisotopic (exact) mass is 482 g/mol. The summed E-state index contributed by atoms with van der Waals surface area (Å²) in [5.74, 6) is -0.431. The summed E-state index contributed by atoms with van der Waals surface area (Å²) in [6.07, 6.45) is 0.700. The van der Waals surface area contributed by atoms with Gasteiger partial charge >= 0.3 is 10.1 Å². The molecule has 0 saturated carbocycles. The van der Waals surface area contributed by atoms with Gasteiger partial charge in [0.15, 0.2) is 0 Å². The van der Waals surface area contributed by atoms with E-state index in [1.54, 1.807) is 11.0 Å². The van der Waals surface area contributed by atoms with Gasteiger partial charge in [0, 0.05) is 42.9 Å². The van der Waals surface area contributed by atoms with Gasteiger partial charge in [-0.05, 0) is 55.8 Å². The largest absolute Gasteiger partial charge is 0.379 e. The lowest BCUT2D eigenvalue weighted by Gasteiger charge is -2.29. The third kappa shape index (κ3) is 6.94. The fourth-order valence-corrected chi connectivity index (χ4v) is 4.09. The SMILES string of the molecule is CC[C@H](C)N(Cc1cc(Cl)ccc1OS(=O)(=O)c1ccc(NC(C)=O)cc1)C(=O)COC. The first-order valence-corrected chi connectivity index (χ1v) is 11.7. The second-order valence-electron chi connectivity index (χ2n) is 7.21. The highest BCUT2D eigenvalue weighted by Gasteiger charge is 2.24. The molecule has 0 aromatic heterocycles. The average Bonchev–Trinajstić information content (AvgIpc) is 2.73. The van der Waals surface area contributed by atoms with E-state index < -0.39 is 10.1 Å². The van der Waals surface area contributed by atoms with E-state index >= 15 is 0 Å². The third-order valence-electron chi connectivity index (χ3n) is 4.74. The van der Waals surface area contributed by atoms with Crippen molar-refractivity contribution in [2.45, 2.75) is 44.7 Å². The zero-order chi connectivity index (χ0) is 23.9. The molecule has 0 aliphatic heterocycles. The molecular weight excluding hydrogens is 456 g/mol. The van der Waals surface area contributed by atoms with Crippen molar-refractivity contribution in [2.75, 3.05) is 19.0 Å². The maximum atomic E-state index is 12.8.